The van der Waals surface area contributed by atoms with Gasteiger partial charge in [-0.3, -0.25) is 4.79 Å². The highest BCUT2D eigenvalue weighted by molar-refractivity contribution is 7.90. The number of amides is 1. The molecule has 1 amide bonds. The Kier molecular flexibility index (Phi) is 5.17. The Hall–Kier alpha value is -3.03. The summed E-state index contributed by atoms with van der Waals surface area (Å²) in [7, 11) is -3.40. The number of sulfone groups is 1. The van der Waals surface area contributed by atoms with Crippen molar-refractivity contribution in [3.8, 4) is 0 Å². The number of carbonyl (C=O) groups is 1. The molecule has 3 aromatic rings. The van der Waals surface area contributed by atoms with Crippen molar-refractivity contribution in [2.24, 2.45) is 4.99 Å². The maximum atomic E-state index is 12.6. The number of hydrogen-bond acceptors (Lipinski definition) is 5. The summed E-state index contributed by atoms with van der Waals surface area (Å²) in [6.07, 6.45) is 3.48. The largest absolute Gasteiger partial charge is 0.322 e. The lowest BCUT2D eigenvalue weighted by atomic mass is 10.0. The molecule has 152 valence electrons. The highest BCUT2D eigenvalue weighted by atomic mass is 35.5. The molecule has 0 fully saturated rings. The second-order valence-corrected chi connectivity index (χ2v) is 9.60. The monoisotopic (exact) mass is 439 g/mol. The van der Waals surface area contributed by atoms with Crippen molar-refractivity contribution in [1.82, 2.24) is 4.98 Å². The molecule has 8 heteroatoms. The van der Waals surface area contributed by atoms with Gasteiger partial charge >= 0.3 is 0 Å². The summed E-state index contributed by atoms with van der Waals surface area (Å²) in [6.45, 7) is 1.98. The first-order chi connectivity index (χ1) is 14.2. The van der Waals surface area contributed by atoms with Crippen LogP contribution >= 0.6 is 11.6 Å². The lowest BCUT2D eigenvalue weighted by Gasteiger charge is -2.10. The van der Waals surface area contributed by atoms with Gasteiger partial charge in [0.15, 0.2) is 15.7 Å². The standard InChI is InChI=1S/C22H18ClN3O3S/c1-13-8-15-10-20(26-21(15)24-12-13)18-11-16(6-7-19(18)23)25-22(27)14-4-3-5-17(9-14)30(2,28)29/h3-9,11-12H,10H2,1-2H3,(H,25,27). The van der Waals surface area contributed by atoms with E-state index < -0.39 is 15.7 Å². The minimum Gasteiger partial charge on any atom is -0.322 e. The van der Waals surface area contributed by atoms with E-state index in [4.69, 9.17) is 11.6 Å². The molecule has 0 spiro atoms. The second kappa shape index (κ2) is 7.66. The number of pyridine rings is 1. The van der Waals surface area contributed by atoms with E-state index in [1.54, 1.807) is 30.5 Å². The molecule has 1 aliphatic rings. The van der Waals surface area contributed by atoms with Gasteiger partial charge in [-0.2, -0.15) is 0 Å². The molecule has 0 aliphatic carbocycles. The fourth-order valence-corrected chi connectivity index (χ4v) is 4.15. The minimum absolute atomic E-state index is 0.0906. The quantitative estimate of drug-likeness (QED) is 0.653. The van der Waals surface area contributed by atoms with Crippen molar-refractivity contribution in [2.45, 2.75) is 18.2 Å². The molecule has 0 saturated heterocycles. The Morgan fingerprint density at radius 2 is 1.93 bits per heavy atom. The van der Waals surface area contributed by atoms with E-state index in [0.717, 1.165) is 28.7 Å². The zero-order chi connectivity index (χ0) is 21.5. The number of fused-ring (bicyclic) bond motifs is 1. The molecule has 2 aromatic carbocycles. The van der Waals surface area contributed by atoms with Gasteiger partial charge in [0, 0.05) is 46.3 Å². The number of aromatic nitrogens is 1. The van der Waals surface area contributed by atoms with Crippen molar-refractivity contribution in [2.75, 3.05) is 11.6 Å². The van der Waals surface area contributed by atoms with Gasteiger partial charge in [0.2, 0.25) is 0 Å². The van der Waals surface area contributed by atoms with Gasteiger partial charge in [-0.25, -0.2) is 18.4 Å². The van der Waals surface area contributed by atoms with Crippen LogP contribution < -0.4 is 5.32 Å². The van der Waals surface area contributed by atoms with Crippen LogP contribution in [0.1, 0.15) is 27.0 Å². The van der Waals surface area contributed by atoms with Crippen LogP contribution in [0.4, 0.5) is 11.5 Å². The number of nitrogens with one attached hydrogen (secondary N) is 1. The minimum atomic E-state index is -3.40. The third-order valence-electron chi connectivity index (χ3n) is 4.74. The molecule has 1 aromatic heterocycles. The van der Waals surface area contributed by atoms with E-state index in [-0.39, 0.29) is 10.5 Å². The van der Waals surface area contributed by atoms with Crippen LogP contribution in [0, 0.1) is 6.92 Å². The number of aliphatic imine (C=N–C) groups is 1. The van der Waals surface area contributed by atoms with Gasteiger partial charge in [0.1, 0.15) is 0 Å². The summed E-state index contributed by atoms with van der Waals surface area (Å²) in [5.74, 6) is 0.265. The molecule has 2 heterocycles. The topological polar surface area (TPSA) is 88.5 Å². The van der Waals surface area contributed by atoms with E-state index in [1.165, 1.54) is 18.2 Å². The molecule has 0 bridgehead atoms. The highest BCUT2D eigenvalue weighted by Crippen LogP contribution is 2.31. The Morgan fingerprint density at radius 3 is 2.70 bits per heavy atom. The number of nitrogens with zero attached hydrogens (tertiary/aromatic N) is 2. The SMILES string of the molecule is Cc1cnc2c(c1)CC(c1cc(NC(=O)c3cccc(S(C)(=O)=O)c3)ccc1Cl)=N2. The Labute approximate surface area is 179 Å². The molecule has 30 heavy (non-hydrogen) atoms. The third kappa shape index (κ3) is 4.13. The zero-order valence-corrected chi connectivity index (χ0v) is 17.9. The molecule has 4 rings (SSSR count). The summed E-state index contributed by atoms with van der Waals surface area (Å²) in [4.78, 5) is 21.7. The smallest absolute Gasteiger partial charge is 0.255 e. The zero-order valence-electron chi connectivity index (χ0n) is 16.3. The summed E-state index contributed by atoms with van der Waals surface area (Å²) >= 11 is 6.39. The van der Waals surface area contributed by atoms with E-state index in [1.807, 2.05) is 13.0 Å². The summed E-state index contributed by atoms with van der Waals surface area (Å²) < 4.78 is 23.5. The van der Waals surface area contributed by atoms with Gasteiger partial charge in [0.05, 0.1) is 10.6 Å². The van der Waals surface area contributed by atoms with Gasteiger partial charge in [0.25, 0.3) is 5.91 Å². The lowest BCUT2D eigenvalue weighted by Crippen LogP contribution is -2.13. The van der Waals surface area contributed by atoms with Gasteiger partial charge < -0.3 is 5.32 Å². The van der Waals surface area contributed by atoms with E-state index in [9.17, 15) is 13.2 Å². The van der Waals surface area contributed by atoms with Gasteiger partial charge in [-0.15, -0.1) is 0 Å². The van der Waals surface area contributed by atoms with Crippen LogP contribution in [0.25, 0.3) is 0 Å². The molecule has 0 atom stereocenters. The van der Waals surface area contributed by atoms with Crippen LogP contribution in [0.2, 0.25) is 5.02 Å². The maximum absolute atomic E-state index is 12.6. The van der Waals surface area contributed by atoms with Crippen LogP contribution in [-0.2, 0) is 16.3 Å². The second-order valence-electron chi connectivity index (χ2n) is 7.18. The Bertz CT molecular complexity index is 1320. The molecule has 0 radical (unpaired) electrons. The number of carbonyl (C=O) groups excluding carboxylic acids is 1. The molecule has 0 saturated carbocycles. The molecule has 0 unspecified atom stereocenters. The van der Waals surface area contributed by atoms with Crippen molar-refractivity contribution < 1.29 is 13.2 Å². The molecule has 1 N–H and O–H groups in total. The fourth-order valence-electron chi connectivity index (χ4n) is 3.25. The third-order valence-corrected chi connectivity index (χ3v) is 6.18. The number of halogens is 1. The van der Waals surface area contributed by atoms with Crippen LogP contribution in [0.3, 0.4) is 0 Å². The predicted molar refractivity (Wildman–Crippen MR) is 118 cm³/mol. The average Bonchev–Trinajstić information content (AvgIpc) is 3.11. The highest BCUT2D eigenvalue weighted by Gasteiger charge is 2.20. The lowest BCUT2D eigenvalue weighted by molar-refractivity contribution is 0.102. The summed E-state index contributed by atoms with van der Waals surface area (Å²) in [5.41, 5.74) is 4.38. The predicted octanol–water partition coefficient (Wildman–Crippen LogP) is 4.38. The van der Waals surface area contributed by atoms with Crippen molar-refractivity contribution in [3.63, 3.8) is 0 Å². The van der Waals surface area contributed by atoms with Gasteiger partial charge in [-0.1, -0.05) is 23.7 Å². The van der Waals surface area contributed by atoms with E-state index >= 15 is 0 Å². The summed E-state index contributed by atoms with van der Waals surface area (Å²) in [6, 6.07) is 13.1. The first-order valence-corrected chi connectivity index (χ1v) is 11.4. The Balaban J connectivity index is 1.60. The first kappa shape index (κ1) is 20.3. The molecular formula is C22H18ClN3O3S. The fraction of sp³-hybridized carbons (Fsp3) is 0.136. The maximum Gasteiger partial charge on any atom is 0.255 e. The normalized spacial score (nSPS) is 13.0. The van der Waals surface area contributed by atoms with Gasteiger partial charge in [-0.05, 0) is 48.9 Å². The first-order valence-electron chi connectivity index (χ1n) is 9.15. The molecule has 6 nitrogen and oxygen atoms in total. The van der Waals surface area contributed by atoms with Crippen LogP contribution in [0.15, 0.2) is 64.6 Å². The van der Waals surface area contributed by atoms with E-state index in [2.05, 4.69) is 15.3 Å². The molecule has 1 aliphatic heterocycles. The van der Waals surface area contributed by atoms with E-state index in [0.29, 0.717) is 22.9 Å². The van der Waals surface area contributed by atoms with Crippen molar-refractivity contribution >= 4 is 44.6 Å². The van der Waals surface area contributed by atoms with Crippen LogP contribution in [-0.4, -0.2) is 31.3 Å². The molecular weight excluding hydrogens is 422 g/mol. The summed E-state index contributed by atoms with van der Waals surface area (Å²) in [5, 5.41) is 3.32. The number of rotatable bonds is 4. The van der Waals surface area contributed by atoms with Crippen molar-refractivity contribution in [3.05, 3.63) is 82.0 Å². The van der Waals surface area contributed by atoms with Crippen LogP contribution in [0.5, 0.6) is 0 Å². The number of benzene rings is 2. The van der Waals surface area contributed by atoms with Crippen molar-refractivity contribution in [1.29, 1.82) is 0 Å². The Morgan fingerprint density at radius 1 is 1.13 bits per heavy atom. The average molecular weight is 440 g/mol. The number of hydrogen-bond donors (Lipinski definition) is 1. The number of anilines is 1. The number of aryl methyl sites for hydroxylation is 1.